The van der Waals surface area contributed by atoms with Crippen LogP contribution in [0.5, 0.6) is 0 Å². The topological polar surface area (TPSA) is 83.9 Å². The summed E-state index contributed by atoms with van der Waals surface area (Å²) < 4.78 is 0. The minimum atomic E-state index is -0.180. The van der Waals surface area contributed by atoms with Crippen molar-refractivity contribution in [2.75, 3.05) is 18.0 Å². The van der Waals surface area contributed by atoms with Crippen molar-refractivity contribution >= 4 is 11.7 Å². The lowest BCUT2D eigenvalue weighted by atomic mass is 10.0. The molecule has 1 aliphatic heterocycles. The van der Waals surface area contributed by atoms with Gasteiger partial charge in [0.2, 0.25) is 0 Å². The third kappa shape index (κ3) is 3.44. The van der Waals surface area contributed by atoms with Crippen molar-refractivity contribution < 1.29 is 4.79 Å². The number of hydrogen-bond acceptors (Lipinski definition) is 6. The molecule has 0 spiro atoms. The lowest BCUT2D eigenvalue weighted by Crippen LogP contribution is -2.48. The zero-order chi connectivity index (χ0) is 16.2. The van der Waals surface area contributed by atoms with Crippen LogP contribution in [0.4, 0.5) is 5.82 Å². The van der Waals surface area contributed by atoms with E-state index in [2.05, 4.69) is 30.2 Å². The molecule has 1 aliphatic rings. The summed E-state index contributed by atoms with van der Waals surface area (Å²) in [5.74, 6) is 0.775. The number of amides is 1. The predicted octanol–water partition coefficient (Wildman–Crippen LogP) is 1.28. The number of piperidine rings is 1. The second-order valence-corrected chi connectivity index (χ2v) is 5.76. The third-order valence-corrected chi connectivity index (χ3v) is 4.16. The summed E-state index contributed by atoms with van der Waals surface area (Å²) in [4.78, 5) is 31.0. The van der Waals surface area contributed by atoms with Gasteiger partial charge in [-0.05, 0) is 26.7 Å². The first kappa shape index (κ1) is 15.3. The Bertz CT molecular complexity index is 690. The minimum Gasteiger partial charge on any atom is -0.354 e. The highest BCUT2D eigenvalue weighted by molar-refractivity contribution is 5.92. The zero-order valence-electron chi connectivity index (χ0n) is 13.4. The highest BCUT2D eigenvalue weighted by Crippen LogP contribution is 2.22. The monoisotopic (exact) mass is 312 g/mol. The molecule has 120 valence electrons. The Morgan fingerprint density at radius 3 is 2.91 bits per heavy atom. The molecule has 0 bridgehead atoms. The van der Waals surface area contributed by atoms with E-state index >= 15 is 0 Å². The number of hydrogen-bond donors (Lipinski definition) is 1. The zero-order valence-corrected chi connectivity index (χ0v) is 13.4. The molecule has 23 heavy (non-hydrogen) atoms. The van der Waals surface area contributed by atoms with E-state index in [0.29, 0.717) is 5.69 Å². The molecule has 1 amide bonds. The second kappa shape index (κ2) is 6.68. The van der Waals surface area contributed by atoms with E-state index in [0.717, 1.165) is 43.0 Å². The summed E-state index contributed by atoms with van der Waals surface area (Å²) in [5.41, 5.74) is 2.42. The molecular formula is C16H20N6O. The molecule has 3 rings (SSSR count). The van der Waals surface area contributed by atoms with Crippen molar-refractivity contribution in [3.05, 3.63) is 41.9 Å². The van der Waals surface area contributed by atoms with E-state index in [-0.39, 0.29) is 11.9 Å². The largest absolute Gasteiger partial charge is 0.354 e. The van der Waals surface area contributed by atoms with Gasteiger partial charge in [-0.1, -0.05) is 0 Å². The highest BCUT2D eigenvalue weighted by atomic mass is 16.2. The molecule has 0 saturated carbocycles. The van der Waals surface area contributed by atoms with Gasteiger partial charge in [0, 0.05) is 42.8 Å². The fourth-order valence-corrected chi connectivity index (χ4v) is 2.81. The van der Waals surface area contributed by atoms with Gasteiger partial charge in [0.15, 0.2) is 0 Å². The summed E-state index contributed by atoms with van der Waals surface area (Å²) >= 11 is 0. The van der Waals surface area contributed by atoms with Crippen molar-refractivity contribution in [3.63, 3.8) is 0 Å². The maximum Gasteiger partial charge on any atom is 0.271 e. The number of carbonyl (C=O) groups is 1. The normalized spacial score (nSPS) is 17.8. The van der Waals surface area contributed by atoms with Crippen LogP contribution in [0.3, 0.4) is 0 Å². The fraction of sp³-hybridized carbons (Fsp3) is 0.438. The molecule has 3 heterocycles. The molecule has 0 aromatic carbocycles. The predicted molar refractivity (Wildman–Crippen MR) is 86.2 cm³/mol. The molecule has 1 fully saturated rings. The summed E-state index contributed by atoms with van der Waals surface area (Å²) in [6.07, 6.45) is 8.11. The van der Waals surface area contributed by atoms with Crippen molar-refractivity contribution in [3.8, 4) is 0 Å². The highest BCUT2D eigenvalue weighted by Gasteiger charge is 2.24. The quantitative estimate of drug-likeness (QED) is 0.919. The third-order valence-electron chi connectivity index (χ3n) is 4.16. The lowest BCUT2D eigenvalue weighted by molar-refractivity contribution is 0.0927. The number of aryl methyl sites for hydroxylation is 1. The van der Waals surface area contributed by atoms with Crippen LogP contribution < -0.4 is 10.2 Å². The average Bonchev–Trinajstić information content (AvgIpc) is 2.58. The Morgan fingerprint density at radius 1 is 1.26 bits per heavy atom. The molecule has 2 aromatic heterocycles. The van der Waals surface area contributed by atoms with Crippen molar-refractivity contribution in [1.82, 2.24) is 25.3 Å². The first-order chi connectivity index (χ1) is 11.1. The smallest absolute Gasteiger partial charge is 0.271 e. The van der Waals surface area contributed by atoms with Gasteiger partial charge in [0.05, 0.1) is 6.20 Å². The van der Waals surface area contributed by atoms with E-state index in [1.807, 2.05) is 13.8 Å². The van der Waals surface area contributed by atoms with Crippen molar-refractivity contribution in [1.29, 1.82) is 0 Å². The molecular weight excluding hydrogens is 292 g/mol. The Kier molecular flexibility index (Phi) is 4.45. The fourth-order valence-electron chi connectivity index (χ4n) is 2.81. The van der Waals surface area contributed by atoms with Crippen LogP contribution in [0.2, 0.25) is 0 Å². The van der Waals surface area contributed by atoms with E-state index < -0.39 is 0 Å². The SMILES string of the molecule is Cc1ncnc(N2CCCC(NC(=O)c3cnccn3)C2)c1C. The van der Waals surface area contributed by atoms with Gasteiger partial charge in [0.25, 0.3) is 5.91 Å². The van der Waals surface area contributed by atoms with Crippen molar-refractivity contribution in [2.45, 2.75) is 32.7 Å². The van der Waals surface area contributed by atoms with Crippen LogP contribution in [-0.4, -0.2) is 45.0 Å². The second-order valence-electron chi connectivity index (χ2n) is 5.76. The summed E-state index contributed by atoms with van der Waals surface area (Å²) in [7, 11) is 0. The summed E-state index contributed by atoms with van der Waals surface area (Å²) in [6.45, 7) is 5.70. The van der Waals surface area contributed by atoms with Gasteiger partial charge in [-0.25, -0.2) is 15.0 Å². The number of nitrogens with one attached hydrogen (secondary N) is 1. The van der Waals surface area contributed by atoms with Gasteiger partial charge in [0.1, 0.15) is 17.8 Å². The van der Waals surface area contributed by atoms with Crippen LogP contribution in [0.1, 0.15) is 34.6 Å². The molecule has 0 radical (unpaired) electrons. The Hall–Kier alpha value is -2.57. The first-order valence-corrected chi connectivity index (χ1v) is 7.75. The average molecular weight is 312 g/mol. The summed E-state index contributed by atoms with van der Waals surface area (Å²) in [6, 6.07) is 0.0768. The van der Waals surface area contributed by atoms with E-state index in [4.69, 9.17) is 0 Å². The van der Waals surface area contributed by atoms with Gasteiger partial charge in [-0.3, -0.25) is 9.78 Å². The Balaban J connectivity index is 1.69. The number of aromatic nitrogens is 4. The summed E-state index contributed by atoms with van der Waals surface area (Å²) in [5, 5.41) is 3.04. The van der Waals surface area contributed by atoms with Crippen LogP contribution in [-0.2, 0) is 0 Å². The number of carbonyl (C=O) groups excluding carboxylic acids is 1. The Morgan fingerprint density at radius 2 is 2.13 bits per heavy atom. The number of nitrogens with zero attached hydrogens (tertiary/aromatic N) is 5. The van der Waals surface area contributed by atoms with Crippen LogP contribution >= 0.6 is 0 Å². The van der Waals surface area contributed by atoms with Crippen LogP contribution in [0.15, 0.2) is 24.9 Å². The molecule has 1 atom stereocenters. The minimum absolute atomic E-state index is 0.0768. The van der Waals surface area contributed by atoms with Gasteiger partial charge >= 0.3 is 0 Å². The molecule has 1 N–H and O–H groups in total. The van der Waals surface area contributed by atoms with E-state index in [1.54, 1.807) is 12.5 Å². The number of anilines is 1. The Labute approximate surface area is 135 Å². The lowest BCUT2D eigenvalue weighted by Gasteiger charge is -2.34. The van der Waals surface area contributed by atoms with Gasteiger partial charge in [-0.2, -0.15) is 0 Å². The molecule has 0 aliphatic carbocycles. The molecule has 7 heteroatoms. The standard InChI is InChI=1S/C16H20N6O/c1-11-12(2)19-10-20-15(11)22-7-3-4-13(9-22)21-16(23)14-8-17-5-6-18-14/h5-6,8,10,13H,3-4,7,9H2,1-2H3,(H,21,23). The van der Waals surface area contributed by atoms with Crippen LogP contribution in [0, 0.1) is 13.8 Å². The molecule has 1 unspecified atom stereocenters. The number of rotatable bonds is 3. The molecule has 7 nitrogen and oxygen atoms in total. The van der Waals surface area contributed by atoms with E-state index in [1.165, 1.54) is 12.4 Å². The molecule has 2 aromatic rings. The van der Waals surface area contributed by atoms with Gasteiger partial charge < -0.3 is 10.2 Å². The maximum atomic E-state index is 12.2. The van der Waals surface area contributed by atoms with Crippen LogP contribution in [0.25, 0.3) is 0 Å². The van der Waals surface area contributed by atoms with Gasteiger partial charge in [-0.15, -0.1) is 0 Å². The van der Waals surface area contributed by atoms with E-state index in [9.17, 15) is 4.79 Å². The first-order valence-electron chi connectivity index (χ1n) is 7.75. The molecule has 1 saturated heterocycles. The maximum absolute atomic E-state index is 12.2. The van der Waals surface area contributed by atoms with Crippen molar-refractivity contribution in [2.24, 2.45) is 0 Å².